The number of pyridine rings is 1. The Morgan fingerprint density at radius 3 is 2.14 bits per heavy atom. The number of nitrogens with zero attached hydrogens (tertiary/aromatic N) is 4. The topological polar surface area (TPSA) is 43.1 Å². The number of hydrogen-bond acceptors (Lipinski definition) is 3. The number of aryl methyl sites for hydroxylation is 1. The summed E-state index contributed by atoms with van der Waals surface area (Å²) in [6.07, 6.45) is 4.49. The zero-order valence-electron chi connectivity index (χ0n) is 15.7. The van der Waals surface area contributed by atoms with Crippen LogP contribution in [0.15, 0.2) is 90.2 Å². The number of aliphatic imine (C=N–C) groups is 1. The highest BCUT2D eigenvalue weighted by atomic mass is 15.4. The standard InChI is InChI=1S/C24H20N4/c1-17-23(20-10-6-3-7-11-20)24-26-21(18-8-4-2-5-9-18)16-22(28(24)27-17)19-12-14-25-15-13-19/h2-15,22H,16H2,1H3/t22-/m0/s1. The summed E-state index contributed by atoms with van der Waals surface area (Å²) in [4.78, 5) is 9.27. The van der Waals surface area contributed by atoms with Crippen LogP contribution in [0.25, 0.3) is 11.1 Å². The normalized spacial score (nSPS) is 15.8. The molecule has 4 aromatic rings. The van der Waals surface area contributed by atoms with Gasteiger partial charge in [0.1, 0.15) is 0 Å². The Morgan fingerprint density at radius 1 is 0.821 bits per heavy atom. The monoisotopic (exact) mass is 364 g/mol. The molecule has 0 fully saturated rings. The summed E-state index contributed by atoms with van der Waals surface area (Å²) in [5, 5.41) is 4.90. The molecule has 136 valence electrons. The molecule has 4 heteroatoms. The van der Waals surface area contributed by atoms with Gasteiger partial charge in [-0.3, -0.25) is 4.98 Å². The molecule has 3 heterocycles. The Kier molecular flexibility index (Phi) is 4.09. The van der Waals surface area contributed by atoms with Gasteiger partial charge in [-0.15, -0.1) is 0 Å². The summed E-state index contributed by atoms with van der Waals surface area (Å²) in [5.74, 6) is 0.926. The van der Waals surface area contributed by atoms with E-state index in [1.165, 1.54) is 5.56 Å². The van der Waals surface area contributed by atoms with Crippen molar-refractivity contribution in [1.82, 2.24) is 14.8 Å². The van der Waals surface area contributed by atoms with Crippen LogP contribution < -0.4 is 0 Å². The summed E-state index contributed by atoms with van der Waals surface area (Å²) in [7, 11) is 0. The second kappa shape index (κ2) is 6.89. The second-order valence-corrected chi connectivity index (χ2v) is 7.02. The molecule has 0 unspecified atom stereocenters. The molecule has 0 amide bonds. The van der Waals surface area contributed by atoms with Gasteiger partial charge < -0.3 is 0 Å². The van der Waals surface area contributed by atoms with Gasteiger partial charge in [0.15, 0.2) is 5.82 Å². The predicted molar refractivity (Wildman–Crippen MR) is 112 cm³/mol. The van der Waals surface area contributed by atoms with Crippen molar-refractivity contribution >= 4 is 11.5 Å². The third-order valence-electron chi connectivity index (χ3n) is 5.24. The van der Waals surface area contributed by atoms with E-state index in [0.29, 0.717) is 0 Å². The van der Waals surface area contributed by atoms with Gasteiger partial charge in [-0.05, 0) is 35.7 Å². The Balaban J connectivity index is 1.73. The number of rotatable bonds is 3. The van der Waals surface area contributed by atoms with E-state index in [-0.39, 0.29) is 6.04 Å². The fourth-order valence-corrected chi connectivity index (χ4v) is 3.90. The largest absolute Gasteiger partial charge is 0.265 e. The minimum Gasteiger partial charge on any atom is -0.265 e. The first kappa shape index (κ1) is 16.6. The van der Waals surface area contributed by atoms with Crippen LogP contribution in [-0.2, 0) is 0 Å². The van der Waals surface area contributed by atoms with Crippen LogP contribution in [0.5, 0.6) is 0 Å². The van der Waals surface area contributed by atoms with E-state index < -0.39 is 0 Å². The minimum absolute atomic E-state index is 0.0990. The van der Waals surface area contributed by atoms with Crippen molar-refractivity contribution < 1.29 is 0 Å². The summed E-state index contributed by atoms with van der Waals surface area (Å²) in [5.41, 5.74) is 6.69. The third-order valence-corrected chi connectivity index (χ3v) is 5.24. The van der Waals surface area contributed by atoms with Gasteiger partial charge in [-0.2, -0.15) is 5.10 Å². The van der Waals surface area contributed by atoms with Crippen LogP contribution in [0.1, 0.15) is 29.3 Å². The fourth-order valence-electron chi connectivity index (χ4n) is 3.90. The first-order valence-electron chi connectivity index (χ1n) is 9.48. The Hall–Kier alpha value is -3.53. The molecule has 1 aliphatic heterocycles. The van der Waals surface area contributed by atoms with E-state index in [4.69, 9.17) is 10.1 Å². The molecule has 4 nitrogen and oxygen atoms in total. The molecule has 1 aliphatic rings. The summed E-state index contributed by atoms with van der Waals surface area (Å²) in [6, 6.07) is 25.1. The fraction of sp³-hybridized carbons (Fsp3) is 0.125. The lowest BCUT2D eigenvalue weighted by atomic mass is 9.96. The quantitative estimate of drug-likeness (QED) is 0.491. The lowest BCUT2D eigenvalue weighted by Crippen LogP contribution is -2.21. The highest BCUT2D eigenvalue weighted by molar-refractivity contribution is 6.04. The van der Waals surface area contributed by atoms with Crippen molar-refractivity contribution in [2.24, 2.45) is 4.99 Å². The van der Waals surface area contributed by atoms with Crippen molar-refractivity contribution in [2.75, 3.05) is 0 Å². The zero-order valence-corrected chi connectivity index (χ0v) is 15.7. The Morgan fingerprint density at radius 2 is 1.46 bits per heavy atom. The van der Waals surface area contributed by atoms with Crippen LogP contribution >= 0.6 is 0 Å². The number of fused-ring (bicyclic) bond motifs is 1. The van der Waals surface area contributed by atoms with Crippen LogP contribution in [0.2, 0.25) is 0 Å². The third kappa shape index (κ3) is 2.83. The molecule has 28 heavy (non-hydrogen) atoms. The van der Waals surface area contributed by atoms with Gasteiger partial charge in [0.25, 0.3) is 0 Å². The van der Waals surface area contributed by atoms with Gasteiger partial charge in [-0.25, -0.2) is 9.67 Å². The molecular weight excluding hydrogens is 344 g/mol. The van der Waals surface area contributed by atoms with Gasteiger partial charge in [0.05, 0.1) is 17.4 Å². The highest BCUT2D eigenvalue weighted by Crippen LogP contribution is 2.41. The Labute approximate surface area is 164 Å². The van der Waals surface area contributed by atoms with Crippen LogP contribution in [0.4, 0.5) is 5.82 Å². The molecule has 0 saturated carbocycles. The minimum atomic E-state index is 0.0990. The summed E-state index contributed by atoms with van der Waals surface area (Å²) in [6.45, 7) is 2.06. The number of benzene rings is 2. The highest BCUT2D eigenvalue weighted by Gasteiger charge is 2.29. The van der Waals surface area contributed by atoms with Crippen LogP contribution in [-0.4, -0.2) is 20.5 Å². The predicted octanol–water partition coefficient (Wildman–Crippen LogP) is 5.37. The summed E-state index contributed by atoms with van der Waals surface area (Å²) >= 11 is 0. The van der Waals surface area contributed by atoms with E-state index in [0.717, 1.165) is 40.3 Å². The molecular formula is C24H20N4. The van der Waals surface area contributed by atoms with E-state index in [1.54, 1.807) is 0 Å². The molecule has 5 rings (SSSR count). The Bertz CT molecular complexity index is 1130. The van der Waals surface area contributed by atoms with E-state index in [2.05, 4.69) is 77.3 Å². The van der Waals surface area contributed by atoms with Crippen molar-refractivity contribution in [2.45, 2.75) is 19.4 Å². The van der Waals surface area contributed by atoms with E-state index in [1.807, 2.05) is 24.5 Å². The molecule has 2 aromatic heterocycles. The van der Waals surface area contributed by atoms with Gasteiger partial charge in [0, 0.05) is 24.4 Å². The second-order valence-electron chi connectivity index (χ2n) is 7.02. The van der Waals surface area contributed by atoms with Gasteiger partial charge in [-0.1, -0.05) is 60.7 Å². The van der Waals surface area contributed by atoms with Gasteiger partial charge in [0.2, 0.25) is 0 Å². The molecule has 0 bridgehead atoms. The lowest BCUT2D eigenvalue weighted by Gasteiger charge is -2.25. The van der Waals surface area contributed by atoms with Crippen LogP contribution in [0, 0.1) is 6.92 Å². The smallest absolute Gasteiger partial charge is 0.159 e. The molecule has 0 spiro atoms. The molecule has 0 radical (unpaired) electrons. The maximum Gasteiger partial charge on any atom is 0.159 e. The van der Waals surface area contributed by atoms with Crippen molar-refractivity contribution in [3.05, 3.63) is 102 Å². The van der Waals surface area contributed by atoms with Crippen LogP contribution in [0.3, 0.4) is 0 Å². The van der Waals surface area contributed by atoms with Gasteiger partial charge >= 0.3 is 0 Å². The SMILES string of the molecule is Cc1nn2c(c1-c1ccccc1)N=C(c1ccccc1)C[C@H]2c1ccncc1. The zero-order chi connectivity index (χ0) is 18.9. The van der Waals surface area contributed by atoms with E-state index in [9.17, 15) is 0 Å². The number of hydrogen-bond donors (Lipinski definition) is 0. The van der Waals surface area contributed by atoms with E-state index >= 15 is 0 Å². The molecule has 2 aromatic carbocycles. The van der Waals surface area contributed by atoms with Crippen molar-refractivity contribution in [3.8, 4) is 11.1 Å². The first-order valence-corrected chi connectivity index (χ1v) is 9.48. The number of aromatic nitrogens is 3. The maximum absolute atomic E-state index is 5.09. The molecule has 0 aliphatic carbocycles. The first-order chi connectivity index (χ1) is 13.8. The van der Waals surface area contributed by atoms with Crippen molar-refractivity contribution in [3.63, 3.8) is 0 Å². The summed E-state index contributed by atoms with van der Waals surface area (Å²) < 4.78 is 2.08. The molecule has 0 saturated heterocycles. The average molecular weight is 364 g/mol. The molecule has 0 N–H and O–H groups in total. The lowest BCUT2D eigenvalue weighted by molar-refractivity contribution is 0.529. The average Bonchev–Trinajstić information content (AvgIpc) is 3.10. The molecule has 1 atom stereocenters. The maximum atomic E-state index is 5.09. The van der Waals surface area contributed by atoms with Crippen molar-refractivity contribution in [1.29, 1.82) is 0 Å².